The lowest BCUT2D eigenvalue weighted by molar-refractivity contribution is 0.506. The summed E-state index contributed by atoms with van der Waals surface area (Å²) in [5.41, 5.74) is 1.73. The molecule has 0 saturated heterocycles. The quantitative estimate of drug-likeness (QED) is 0.538. The molecule has 0 aromatic heterocycles. The molecule has 0 aliphatic heterocycles. The van der Waals surface area contributed by atoms with E-state index < -0.39 is 0 Å². The van der Waals surface area contributed by atoms with E-state index in [2.05, 4.69) is 19.9 Å². The molecule has 0 amide bonds. The second kappa shape index (κ2) is 4.58. The van der Waals surface area contributed by atoms with E-state index in [-0.39, 0.29) is 0 Å². The maximum absolute atomic E-state index is 2.53. The lowest BCUT2D eigenvalue weighted by atomic mass is 9.87. The highest BCUT2D eigenvalue weighted by Crippen LogP contribution is 2.27. The van der Waals surface area contributed by atoms with Gasteiger partial charge in [-0.05, 0) is 38.0 Å². The van der Waals surface area contributed by atoms with Gasteiger partial charge in [-0.3, -0.25) is 0 Å². The van der Waals surface area contributed by atoms with E-state index in [1.165, 1.54) is 38.5 Å². The summed E-state index contributed by atoms with van der Waals surface area (Å²) in [6.07, 6.45) is 10.8. The van der Waals surface area contributed by atoms with Gasteiger partial charge in [0, 0.05) is 0 Å². The van der Waals surface area contributed by atoms with Crippen molar-refractivity contribution >= 4 is 0 Å². The van der Waals surface area contributed by atoms with E-state index in [4.69, 9.17) is 0 Å². The van der Waals surface area contributed by atoms with Crippen LogP contribution in [0, 0.1) is 5.92 Å². The van der Waals surface area contributed by atoms with Gasteiger partial charge in [-0.1, -0.05) is 31.9 Å². The highest BCUT2D eigenvalue weighted by atomic mass is 14.2. The number of allylic oxidation sites excluding steroid dienone is 2. The Labute approximate surface area is 70.7 Å². The summed E-state index contributed by atoms with van der Waals surface area (Å²) in [4.78, 5) is 0. The van der Waals surface area contributed by atoms with Crippen LogP contribution >= 0.6 is 0 Å². The molecular formula is C11H20. The molecule has 0 N–H and O–H groups in total. The maximum atomic E-state index is 2.53. The third-order valence-corrected chi connectivity index (χ3v) is 2.64. The normalized spacial score (nSPS) is 24.9. The Morgan fingerprint density at radius 2 is 2.27 bits per heavy atom. The molecule has 0 heterocycles. The predicted octanol–water partition coefficient (Wildman–Crippen LogP) is 3.92. The van der Waals surface area contributed by atoms with Gasteiger partial charge in [0.25, 0.3) is 0 Å². The minimum atomic E-state index is 0.908. The fourth-order valence-electron chi connectivity index (χ4n) is 1.94. The minimum absolute atomic E-state index is 0.908. The Balaban J connectivity index is 2.43. The summed E-state index contributed by atoms with van der Waals surface area (Å²) in [6, 6.07) is 0. The maximum Gasteiger partial charge on any atom is -0.0233 e. The minimum Gasteiger partial charge on any atom is -0.0822 e. The molecule has 0 radical (unpaired) electrons. The van der Waals surface area contributed by atoms with Crippen LogP contribution in [-0.2, 0) is 0 Å². The van der Waals surface area contributed by atoms with E-state index in [1.54, 1.807) is 5.57 Å². The van der Waals surface area contributed by atoms with Gasteiger partial charge in [0.15, 0.2) is 0 Å². The SMILES string of the molecule is CCCC1=CC(CC)CCC1. The molecule has 64 valence electrons. The first-order valence-electron chi connectivity index (χ1n) is 5.06. The van der Waals surface area contributed by atoms with Crippen LogP contribution in [0.4, 0.5) is 0 Å². The first-order valence-corrected chi connectivity index (χ1v) is 5.06. The van der Waals surface area contributed by atoms with Crippen LogP contribution < -0.4 is 0 Å². The lowest BCUT2D eigenvalue weighted by Gasteiger charge is -2.19. The molecule has 0 aromatic carbocycles. The van der Waals surface area contributed by atoms with Crippen LogP contribution in [0.5, 0.6) is 0 Å². The van der Waals surface area contributed by atoms with Crippen LogP contribution in [0.25, 0.3) is 0 Å². The van der Waals surface area contributed by atoms with E-state index >= 15 is 0 Å². The molecule has 0 saturated carbocycles. The zero-order valence-corrected chi connectivity index (χ0v) is 7.90. The van der Waals surface area contributed by atoms with Crippen molar-refractivity contribution in [3.05, 3.63) is 11.6 Å². The Bertz CT molecular complexity index is 133. The molecule has 0 spiro atoms. The van der Waals surface area contributed by atoms with Crippen LogP contribution in [0.3, 0.4) is 0 Å². The average molecular weight is 152 g/mol. The number of hydrogen-bond acceptors (Lipinski definition) is 0. The van der Waals surface area contributed by atoms with E-state index in [0.29, 0.717) is 0 Å². The van der Waals surface area contributed by atoms with Gasteiger partial charge in [-0.15, -0.1) is 0 Å². The molecule has 1 atom stereocenters. The van der Waals surface area contributed by atoms with Gasteiger partial charge in [0.2, 0.25) is 0 Å². The number of rotatable bonds is 3. The molecule has 0 nitrogen and oxygen atoms in total. The van der Waals surface area contributed by atoms with Crippen molar-refractivity contribution in [2.45, 2.75) is 52.4 Å². The summed E-state index contributed by atoms with van der Waals surface area (Å²) in [5, 5.41) is 0. The molecule has 1 aliphatic rings. The first-order chi connectivity index (χ1) is 5.36. The highest BCUT2D eigenvalue weighted by Gasteiger charge is 2.10. The van der Waals surface area contributed by atoms with Crippen molar-refractivity contribution in [1.29, 1.82) is 0 Å². The molecule has 0 heteroatoms. The van der Waals surface area contributed by atoms with E-state index in [0.717, 1.165) is 5.92 Å². The second-order valence-electron chi connectivity index (χ2n) is 3.64. The van der Waals surface area contributed by atoms with Crippen molar-refractivity contribution in [3.63, 3.8) is 0 Å². The molecular weight excluding hydrogens is 132 g/mol. The van der Waals surface area contributed by atoms with Crippen LogP contribution in [-0.4, -0.2) is 0 Å². The molecule has 1 aliphatic carbocycles. The van der Waals surface area contributed by atoms with Gasteiger partial charge in [-0.25, -0.2) is 0 Å². The standard InChI is InChI=1S/C11H20/c1-3-6-11-8-5-7-10(4-2)9-11/h9-10H,3-8H2,1-2H3. The highest BCUT2D eigenvalue weighted by molar-refractivity contribution is 5.07. The average Bonchev–Trinajstić information content (AvgIpc) is 2.06. The molecule has 1 unspecified atom stereocenters. The number of hydrogen-bond donors (Lipinski definition) is 0. The van der Waals surface area contributed by atoms with Crippen molar-refractivity contribution in [3.8, 4) is 0 Å². The van der Waals surface area contributed by atoms with Gasteiger partial charge in [-0.2, -0.15) is 0 Å². The summed E-state index contributed by atoms with van der Waals surface area (Å²) in [5.74, 6) is 0.908. The molecule has 0 fully saturated rings. The van der Waals surface area contributed by atoms with Gasteiger partial charge in [0.05, 0.1) is 0 Å². The monoisotopic (exact) mass is 152 g/mol. The topological polar surface area (TPSA) is 0 Å². The van der Waals surface area contributed by atoms with Gasteiger partial charge >= 0.3 is 0 Å². The largest absolute Gasteiger partial charge is 0.0822 e. The smallest absolute Gasteiger partial charge is 0.0233 e. The predicted molar refractivity (Wildman–Crippen MR) is 50.6 cm³/mol. The second-order valence-corrected chi connectivity index (χ2v) is 3.64. The first kappa shape index (κ1) is 8.83. The van der Waals surface area contributed by atoms with Gasteiger partial charge < -0.3 is 0 Å². The van der Waals surface area contributed by atoms with Crippen molar-refractivity contribution < 1.29 is 0 Å². The summed E-state index contributed by atoms with van der Waals surface area (Å²) < 4.78 is 0. The Morgan fingerprint density at radius 3 is 2.91 bits per heavy atom. The Kier molecular flexibility index (Phi) is 3.68. The molecule has 0 bridgehead atoms. The molecule has 1 rings (SSSR count). The molecule has 0 aromatic rings. The van der Waals surface area contributed by atoms with Crippen LogP contribution in [0.2, 0.25) is 0 Å². The van der Waals surface area contributed by atoms with Crippen molar-refractivity contribution in [2.75, 3.05) is 0 Å². The molecule has 11 heavy (non-hydrogen) atoms. The van der Waals surface area contributed by atoms with Crippen LogP contribution in [0.1, 0.15) is 52.4 Å². The van der Waals surface area contributed by atoms with Gasteiger partial charge in [0.1, 0.15) is 0 Å². The Hall–Kier alpha value is -0.260. The summed E-state index contributed by atoms with van der Waals surface area (Å²) >= 11 is 0. The fourth-order valence-corrected chi connectivity index (χ4v) is 1.94. The van der Waals surface area contributed by atoms with Crippen LogP contribution in [0.15, 0.2) is 11.6 Å². The summed E-state index contributed by atoms with van der Waals surface area (Å²) in [7, 11) is 0. The van der Waals surface area contributed by atoms with Crippen molar-refractivity contribution in [2.24, 2.45) is 5.92 Å². The Morgan fingerprint density at radius 1 is 1.45 bits per heavy atom. The fraction of sp³-hybridized carbons (Fsp3) is 0.818. The third kappa shape index (κ3) is 2.69. The lowest BCUT2D eigenvalue weighted by Crippen LogP contribution is -2.03. The van der Waals surface area contributed by atoms with E-state index in [1.807, 2.05) is 0 Å². The van der Waals surface area contributed by atoms with Crippen molar-refractivity contribution in [1.82, 2.24) is 0 Å². The summed E-state index contributed by atoms with van der Waals surface area (Å²) in [6.45, 7) is 4.58. The zero-order chi connectivity index (χ0) is 8.10. The third-order valence-electron chi connectivity index (χ3n) is 2.64. The van der Waals surface area contributed by atoms with E-state index in [9.17, 15) is 0 Å². The zero-order valence-electron chi connectivity index (χ0n) is 7.90.